The third-order valence-corrected chi connectivity index (χ3v) is 9.52. The van der Waals surface area contributed by atoms with Crippen molar-refractivity contribution in [2.75, 3.05) is 20.3 Å². The Morgan fingerprint density at radius 2 is 1.53 bits per heavy atom. The quantitative estimate of drug-likeness (QED) is 0.263. The fourth-order valence-electron chi connectivity index (χ4n) is 8.22. The van der Waals surface area contributed by atoms with Crippen LogP contribution in [0.4, 0.5) is 0 Å². The summed E-state index contributed by atoms with van der Waals surface area (Å²) in [5, 5.41) is 12.1. The maximum atomic E-state index is 11.9. The molecule has 4 bridgehead atoms. The SMILES string of the molecule is COCCCCCCOc1cc2ccc(-c3ccccc3C(=O)O)cc2cc1C12CC3CC(CC(C3)C1)C2. The van der Waals surface area contributed by atoms with Gasteiger partial charge in [-0.1, -0.05) is 36.8 Å². The van der Waals surface area contributed by atoms with E-state index in [1.807, 2.05) is 18.2 Å². The normalized spacial score (nSPS) is 25.7. The summed E-state index contributed by atoms with van der Waals surface area (Å²) in [6.45, 7) is 1.59. The zero-order valence-electron chi connectivity index (χ0n) is 22.6. The number of rotatable bonds is 11. The molecular formula is C34H40O4. The zero-order valence-corrected chi connectivity index (χ0v) is 22.6. The van der Waals surface area contributed by atoms with Crippen molar-refractivity contribution in [1.29, 1.82) is 0 Å². The molecule has 0 atom stereocenters. The van der Waals surface area contributed by atoms with E-state index in [2.05, 4.69) is 24.3 Å². The number of hydrogen-bond acceptors (Lipinski definition) is 3. The standard InChI is InChI=1S/C34H40O4/c1-37-12-6-2-3-7-13-38-32-19-26-10-11-27(29-8-4-5-9-30(29)33(35)36)17-28(26)18-31(32)34-20-23-14-24(21-34)16-25(15-23)22-34/h4-5,8-11,17-19,23-25H,2-3,6-7,12-16,20-22H2,1H3,(H,35,36). The molecule has 1 N–H and O–H groups in total. The predicted octanol–water partition coefficient (Wildman–Crippen LogP) is 8.26. The molecule has 0 spiro atoms. The average molecular weight is 513 g/mol. The first-order chi connectivity index (χ1) is 18.5. The van der Waals surface area contributed by atoms with Crippen molar-refractivity contribution in [1.82, 2.24) is 0 Å². The van der Waals surface area contributed by atoms with Crippen LogP contribution in [0, 0.1) is 17.8 Å². The van der Waals surface area contributed by atoms with Gasteiger partial charge in [0.25, 0.3) is 0 Å². The van der Waals surface area contributed by atoms with Gasteiger partial charge in [0.1, 0.15) is 5.75 Å². The first kappa shape index (κ1) is 25.4. The second-order valence-corrected chi connectivity index (χ2v) is 12.2. The van der Waals surface area contributed by atoms with Gasteiger partial charge >= 0.3 is 5.97 Å². The van der Waals surface area contributed by atoms with E-state index < -0.39 is 5.97 Å². The molecular weight excluding hydrogens is 472 g/mol. The highest BCUT2D eigenvalue weighted by molar-refractivity contribution is 5.98. The Morgan fingerprint density at radius 1 is 0.842 bits per heavy atom. The van der Waals surface area contributed by atoms with E-state index in [-0.39, 0.29) is 5.41 Å². The van der Waals surface area contributed by atoms with Crippen LogP contribution in [0.2, 0.25) is 0 Å². The Balaban J connectivity index is 1.35. The fraction of sp³-hybridized carbons (Fsp3) is 0.500. The topological polar surface area (TPSA) is 55.8 Å². The van der Waals surface area contributed by atoms with Gasteiger partial charge in [-0.25, -0.2) is 4.79 Å². The first-order valence-corrected chi connectivity index (χ1v) is 14.6. The largest absolute Gasteiger partial charge is 0.493 e. The summed E-state index contributed by atoms with van der Waals surface area (Å²) in [6.07, 6.45) is 12.6. The van der Waals surface area contributed by atoms with Crippen molar-refractivity contribution < 1.29 is 19.4 Å². The second kappa shape index (κ2) is 10.7. The maximum Gasteiger partial charge on any atom is 0.336 e. The Hall–Kier alpha value is -2.85. The monoisotopic (exact) mass is 512 g/mol. The number of carboxylic acids is 1. The number of unbranched alkanes of at least 4 members (excludes halogenated alkanes) is 3. The summed E-state index contributed by atoms with van der Waals surface area (Å²) in [5.41, 5.74) is 3.71. The van der Waals surface area contributed by atoms with Crippen LogP contribution in [0.15, 0.2) is 54.6 Å². The Bertz CT molecular complexity index is 1270. The summed E-state index contributed by atoms with van der Waals surface area (Å²) in [4.78, 5) is 11.9. The van der Waals surface area contributed by atoms with Gasteiger partial charge in [-0.05, 0) is 127 Å². The maximum absolute atomic E-state index is 11.9. The van der Waals surface area contributed by atoms with Crippen molar-refractivity contribution in [3.63, 3.8) is 0 Å². The zero-order chi connectivity index (χ0) is 26.1. The lowest BCUT2D eigenvalue weighted by Crippen LogP contribution is -2.48. The van der Waals surface area contributed by atoms with Crippen LogP contribution in [0.25, 0.3) is 21.9 Å². The molecule has 0 aromatic heterocycles. The minimum absolute atomic E-state index is 0.228. The van der Waals surface area contributed by atoms with Crippen molar-refractivity contribution in [3.05, 3.63) is 65.7 Å². The van der Waals surface area contributed by atoms with Gasteiger partial charge in [-0.2, -0.15) is 0 Å². The Morgan fingerprint density at radius 3 is 2.21 bits per heavy atom. The molecule has 4 aliphatic rings. The van der Waals surface area contributed by atoms with Crippen molar-refractivity contribution in [2.45, 2.75) is 69.6 Å². The van der Waals surface area contributed by atoms with Crippen LogP contribution >= 0.6 is 0 Å². The molecule has 4 aliphatic carbocycles. The second-order valence-electron chi connectivity index (χ2n) is 12.2. The van der Waals surface area contributed by atoms with Gasteiger partial charge < -0.3 is 14.6 Å². The highest BCUT2D eigenvalue weighted by atomic mass is 16.5. The van der Waals surface area contributed by atoms with E-state index >= 15 is 0 Å². The number of carbonyl (C=O) groups is 1. The molecule has 0 aliphatic heterocycles. The molecule has 0 unspecified atom stereocenters. The van der Waals surface area contributed by atoms with Crippen molar-refractivity contribution in [2.24, 2.45) is 17.8 Å². The molecule has 4 fully saturated rings. The van der Waals surface area contributed by atoms with E-state index in [1.54, 1.807) is 19.2 Å². The molecule has 3 aromatic carbocycles. The minimum Gasteiger partial charge on any atom is -0.493 e. The number of carboxylic acid groups (broad SMARTS) is 1. The average Bonchev–Trinajstić information content (AvgIpc) is 2.91. The molecule has 0 amide bonds. The smallest absolute Gasteiger partial charge is 0.336 e. The van der Waals surface area contributed by atoms with Crippen LogP contribution in [0.3, 0.4) is 0 Å². The van der Waals surface area contributed by atoms with E-state index in [0.29, 0.717) is 5.56 Å². The lowest BCUT2D eigenvalue weighted by atomic mass is 9.48. The van der Waals surface area contributed by atoms with Crippen LogP contribution < -0.4 is 4.74 Å². The molecule has 4 saturated carbocycles. The molecule has 3 aromatic rings. The van der Waals surface area contributed by atoms with Gasteiger partial charge in [0.15, 0.2) is 0 Å². The van der Waals surface area contributed by atoms with E-state index in [9.17, 15) is 9.90 Å². The molecule has 0 radical (unpaired) electrons. The van der Waals surface area contributed by atoms with Gasteiger partial charge in [-0.15, -0.1) is 0 Å². The summed E-state index contributed by atoms with van der Waals surface area (Å²) >= 11 is 0. The Kier molecular flexibility index (Phi) is 7.18. The summed E-state index contributed by atoms with van der Waals surface area (Å²) < 4.78 is 11.8. The fourth-order valence-corrected chi connectivity index (χ4v) is 8.22. The van der Waals surface area contributed by atoms with Crippen LogP contribution in [-0.2, 0) is 10.2 Å². The third kappa shape index (κ3) is 4.96. The van der Waals surface area contributed by atoms with Crippen LogP contribution in [0.5, 0.6) is 5.75 Å². The lowest BCUT2D eigenvalue weighted by molar-refractivity contribution is -0.00633. The minimum atomic E-state index is -0.888. The molecule has 200 valence electrons. The molecule has 0 heterocycles. The third-order valence-electron chi connectivity index (χ3n) is 9.52. The molecule has 7 rings (SSSR count). The highest BCUT2D eigenvalue weighted by Crippen LogP contribution is 2.62. The number of benzene rings is 3. The van der Waals surface area contributed by atoms with Gasteiger partial charge in [0.05, 0.1) is 12.2 Å². The van der Waals surface area contributed by atoms with Crippen molar-refractivity contribution >= 4 is 16.7 Å². The van der Waals surface area contributed by atoms with E-state index in [4.69, 9.17) is 9.47 Å². The number of hydrogen-bond donors (Lipinski definition) is 1. The van der Waals surface area contributed by atoms with Crippen LogP contribution in [-0.4, -0.2) is 31.4 Å². The van der Waals surface area contributed by atoms with Gasteiger partial charge in [0, 0.05) is 19.3 Å². The number of fused-ring (bicyclic) bond motifs is 1. The summed E-state index contributed by atoms with van der Waals surface area (Å²) in [5.74, 6) is 2.77. The number of aromatic carboxylic acids is 1. The molecule has 4 nitrogen and oxygen atoms in total. The van der Waals surface area contributed by atoms with E-state index in [1.165, 1.54) is 55.9 Å². The van der Waals surface area contributed by atoms with Crippen molar-refractivity contribution in [3.8, 4) is 16.9 Å². The summed E-state index contributed by atoms with van der Waals surface area (Å²) in [7, 11) is 1.77. The van der Waals surface area contributed by atoms with Gasteiger partial charge in [0.2, 0.25) is 0 Å². The highest BCUT2D eigenvalue weighted by Gasteiger charge is 2.52. The Labute approximate surface area is 226 Å². The molecule has 0 saturated heterocycles. The molecule has 4 heteroatoms. The first-order valence-electron chi connectivity index (χ1n) is 14.6. The molecule has 38 heavy (non-hydrogen) atoms. The summed E-state index contributed by atoms with van der Waals surface area (Å²) in [6, 6.07) is 18.3. The predicted molar refractivity (Wildman–Crippen MR) is 152 cm³/mol. The lowest BCUT2D eigenvalue weighted by Gasteiger charge is -2.57. The van der Waals surface area contributed by atoms with E-state index in [0.717, 1.165) is 72.5 Å². The van der Waals surface area contributed by atoms with Crippen LogP contribution in [0.1, 0.15) is 80.1 Å². The number of ether oxygens (including phenoxy) is 2. The number of methoxy groups -OCH3 is 1. The van der Waals surface area contributed by atoms with Gasteiger partial charge in [-0.3, -0.25) is 0 Å².